The van der Waals surface area contributed by atoms with Crippen LogP contribution in [0, 0.1) is 17.2 Å². The first kappa shape index (κ1) is 11.5. The number of aliphatic hydroxyl groups excluding tert-OH is 1. The van der Waals surface area contributed by atoms with Crippen molar-refractivity contribution in [3.63, 3.8) is 0 Å². The molecule has 0 heterocycles. The molecule has 3 nitrogen and oxygen atoms in total. The van der Waals surface area contributed by atoms with Gasteiger partial charge in [0.25, 0.3) is 0 Å². The highest BCUT2D eigenvalue weighted by molar-refractivity contribution is 4.81. The standard InChI is InChI=1S/C11H20N2O/c1-9(6-7-12)13-8-10-4-2-3-5-11(10)14/h9-11,13-14H,2-6,8H2,1H3. The van der Waals surface area contributed by atoms with Crippen LogP contribution in [-0.4, -0.2) is 23.8 Å². The molecule has 0 aromatic rings. The topological polar surface area (TPSA) is 56.0 Å². The van der Waals surface area contributed by atoms with E-state index in [1.165, 1.54) is 6.42 Å². The fraction of sp³-hybridized carbons (Fsp3) is 0.909. The normalized spacial score (nSPS) is 29.5. The Balaban J connectivity index is 2.19. The molecule has 3 unspecified atom stereocenters. The first-order chi connectivity index (χ1) is 6.74. The summed E-state index contributed by atoms with van der Waals surface area (Å²) >= 11 is 0. The number of aliphatic hydroxyl groups is 1. The summed E-state index contributed by atoms with van der Waals surface area (Å²) in [6.45, 7) is 2.86. The van der Waals surface area contributed by atoms with E-state index in [4.69, 9.17) is 5.26 Å². The average Bonchev–Trinajstić information content (AvgIpc) is 2.17. The van der Waals surface area contributed by atoms with Crippen LogP contribution in [0.5, 0.6) is 0 Å². The van der Waals surface area contributed by atoms with E-state index in [0.717, 1.165) is 25.8 Å². The van der Waals surface area contributed by atoms with Gasteiger partial charge in [0.2, 0.25) is 0 Å². The first-order valence-corrected chi connectivity index (χ1v) is 5.52. The zero-order chi connectivity index (χ0) is 10.4. The highest BCUT2D eigenvalue weighted by Crippen LogP contribution is 2.23. The molecule has 0 spiro atoms. The van der Waals surface area contributed by atoms with Crippen molar-refractivity contribution >= 4 is 0 Å². The van der Waals surface area contributed by atoms with Gasteiger partial charge in [-0.15, -0.1) is 0 Å². The van der Waals surface area contributed by atoms with Gasteiger partial charge in [0, 0.05) is 12.6 Å². The van der Waals surface area contributed by atoms with E-state index in [9.17, 15) is 5.11 Å². The number of nitrogens with zero attached hydrogens (tertiary/aromatic N) is 1. The number of hydrogen-bond donors (Lipinski definition) is 2. The minimum Gasteiger partial charge on any atom is -0.393 e. The molecule has 1 saturated carbocycles. The van der Waals surface area contributed by atoms with Crippen molar-refractivity contribution in [3.8, 4) is 6.07 Å². The molecule has 0 radical (unpaired) electrons. The van der Waals surface area contributed by atoms with Crippen LogP contribution in [0.3, 0.4) is 0 Å². The molecule has 1 rings (SSSR count). The second-order valence-corrected chi connectivity index (χ2v) is 4.28. The van der Waals surface area contributed by atoms with Gasteiger partial charge in [-0.1, -0.05) is 12.8 Å². The van der Waals surface area contributed by atoms with Gasteiger partial charge in [0.15, 0.2) is 0 Å². The highest BCUT2D eigenvalue weighted by Gasteiger charge is 2.22. The van der Waals surface area contributed by atoms with E-state index in [-0.39, 0.29) is 12.1 Å². The SMILES string of the molecule is CC(CC#N)NCC1CCCCC1O. The molecule has 0 aliphatic heterocycles. The molecular formula is C11H20N2O. The average molecular weight is 196 g/mol. The summed E-state index contributed by atoms with van der Waals surface area (Å²) < 4.78 is 0. The molecular weight excluding hydrogens is 176 g/mol. The Kier molecular flexibility index (Phi) is 4.92. The molecule has 2 N–H and O–H groups in total. The highest BCUT2D eigenvalue weighted by atomic mass is 16.3. The molecule has 80 valence electrons. The lowest BCUT2D eigenvalue weighted by Gasteiger charge is -2.28. The van der Waals surface area contributed by atoms with E-state index in [0.29, 0.717) is 12.3 Å². The summed E-state index contributed by atoms with van der Waals surface area (Å²) in [6, 6.07) is 2.39. The van der Waals surface area contributed by atoms with E-state index < -0.39 is 0 Å². The monoisotopic (exact) mass is 196 g/mol. The number of nitrogens with one attached hydrogen (secondary N) is 1. The molecule has 3 heteroatoms. The number of nitriles is 1. The Morgan fingerprint density at radius 3 is 2.86 bits per heavy atom. The largest absolute Gasteiger partial charge is 0.393 e. The number of rotatable bonds is 4. The molecule has 0 aromatic heterocycles. The molecule has 0 aromatic carbocycles. The van der Waals surface area contributed by atoms with Crippen molar-refractivity contribution in [1.29, 1.82) is 5.26 Å². The van der Waals surface area contributed by atoms with Crippen LogP contribution in [0.4, 0.5) is 0 Å². The quantitative estimate of drug-likeness (QED) is 0.715. The minimum atomic E-state index is -0.134. The molecule has 1 fully saturated rings. The van der Waals surface area contributed by atoms with Gasteiger partial charge in [-0.3, -0.25) is 0 Å². The van der Waals surface area contributed by atoms with Gasteiger partial charge >= 0.3 is 0 Å². The van der Waals surface area contributed by atoms with Gasteiger partial charge in [0.1, 0.15) is 0 Å². The third-order valence-corrected chi connectivity index (χ3v) is 2.99. The van der Waals surface area contributed by atoms with Crippen LogP contribution in [-0.2, 0) is 0 Å². The Hall–Kier alpha value is -0.590. The Bertz CT molecular complexity index is 200. The predicted molar refractivity (Wildman–Crippen MR) is 55.7 cm³/mol. The smallest absolute Gasteiger partial charge is 0.0638 e. The van der Waals surface area contributed by atoms with Crippen LogP contribution in [0.2, 0.25) is 0 Å². The summed E-state index contributed by atoms with van der Waals surface area (Å²) in [4.78, 5) is 0. The molecule has 1 aliphatic rings. The molecule has 14 heavy (non-hydrogen) atoms. The molecule has 1 aliphatic carbocycles. The lowest BCUT2D eigenvalue weighted by Crippen LogP contribution is -2.37. The van der Waals surface area contributed by atoms with Crippen molar-refractivity contribution < 1.29 is 5.11 Å². The van der Waals surface area contributed by atoms with E-state index >= 15 is 0 Å². The fourth-order valence-electron chi connectivity index (χ4n) is 1.99. The van der Waals surface area contributed by atoms with Crippen LogP contribution in [0.1, 0.15) is 39.0 Å². The third-order valence-electron chi connectivity index (χ3n) is 2.99. The Morgan fingerprint density at radius 1 is 1.50 bits per heavy atom. The van der Waals surface area contributed by atoms with Crippen molar-refractivity contribution in [2.45, 2.75) is 51.2 Å². The van der Waals surface area contributed by atoms with Gasteiger partial charge in [-0.05, 0) is 25.7 Å². The summed E-state index contributed by atoms with van der Waals surface area (Å²) in [7, 11) is 0. The first-order valence-electron chi connectivity index (χ1n) is 5.52. The van der Waals surface area contributed by atoms with Gasteiger partial charge < -0.3 is 10.4 Å². The Labute approximate surface area is 86.1 Å². The molecule has 0 amide bonds. The van der Waals surface area contributed by atoms with E-state index in [1.807, 2.05) is 6.92 Å². The molecule has 0 bridgehead atoms. The van der Waals surface area contributed by atoms with Crippen LogP contribution < -0.4 is 5.32 Å². The maximum atomic E-state index is 9.71. The van der Waals surface area contributed by atoms with Gasteiger partial charge in [-0.2, -0.15) is 5.26 Å². The van der Waals surface area contributed by atoms with Crippen molar-refractivity contribution in [3.05, 3.63) is 0 Å². The van der Waals surface area contributed by atoms with E-state index in [2.05, 4.69) is 11.4 Å². The van der Waals surface area contributed by atoms with Crippen molar-refractivity contribution in [1.82, 2.24) is 5.32 Å². The molecule has 3 atom stereocenters. The van der Waals surface area contributed by atoms with Gasteiger partial charge in [-0.25, -0.2) is 0 Å². The van der Waals surface area contributed by atoms with E-state index in [1.54, 1.807) is 0 Å². The van der Waals surface area contributed by atoms with Crippen LogP contribution >= 0.6 is 0 Å². The number of hydrogen-bond acceptors (Lipinski definition) is 3. The summed E-state index contributed by atoms with van der Waals surface area (Å²) in [5, 5.41) is 21.5. The predicted octanol–water partition coefficient (Wildman–Crippen LogP) is 1.43. The molecule has 0 saturated heterocycles. The third kappa shape index (κ3) is 3.65. The lowest BCUT2D eigenvalue weighted by atomic mass is 9.86. The second-order valence-electron chi connectivity index (χ2n) is 4.28. The maximum absolute atomic E-state index is 9.71. The maximum Gasteiger partial charge on any atom is 0.0638 e. The summed E-state index contributed by atoms with van der Waals surface area (Å²) in [6.07, 6.45) is 4.86. The van der Waals surface area contributed by atoms with Crippen LogP contribution in [0.25, 0.3) is 0 Å². The Morgan fingerprint density at radius 2 is 2.21 bits per heavy atom. The minimum absolute atomic E-state index is 0.134. The van der Waals surface area contributed by atoms with Crippen LogP contribution in [0.15, 0.2) is 0 Å². The second kappa shape index (κ2) is 6.00. The fourth-order valence-corrected chi connectivity index (χ4v) is 1.99. The summed E-state index contributed by atoms with van der Waals surface area (Å²) in [5.41, 5.74) is 0. The van der Waals surface area contributed by atoms with Crippen molar-refractivity contribution in [2.24, 2.45) is 5.92 Å². The zero-order valence-electron chi connectivity index (χ0n) is 8.87. The lowest BCUT2D eigenvalue weighted by molar-refractivity contribution is 0.0685. The van der Waals surface area contributed by atoms with Crippen molar-refractivity contribution in [2.75, 3.05) is 6.54 Å². The van der Waals surface area contributed by atoms with Gasteiger partial charge in [0.05, 0.1) is 18.6 Å². The summed E-state index contributed by atoms with van der Waals surface area (Å²) in [5.74, 6) is 0.393. The zero-order valence-corrected chi connectivity index (χ0v) is 8.87.